The third-order valence-corrected chi connectivity index (χ3v) is 6.80. The molecule has 0 aliphatic carbocycles. The number of hydrogen-bond acceptors (Lipinski definition) is 7. The number of carbonyl (C=O) groups is 3. The van der Waals surface area contributed by atoms with Crippen molar-refractivity contribution in [1.29, 1.82) is 0 Å². The Morgan fingerprint density at radius 2 is 1.70 bits per heavy atom. The van der Waals surface area contributed by atoms with Gasteiger partial charge in [-0.1, -0.05) is 38.7 Å². The number of likely N-dealkylation sites (tertiary alicyclic amines) is 1. The molecule has 2 unspecified atom stereocenters. The highest BCUT2D eigenvalue weighted by molar-refractivity contribution is 5.76. The summed E-state index contributed by atoms with van der Waals surface area (Å²) in [6.45, 7) is 5.50. The van der Waals surface area contributed by atoms with Crippen molar-refractivity contribution in [3.63, 3.8) is 0 Å². The van der Waals surface area contributed by atoms with E-state index in [0.29, 0.717) is 43.2 Å². The molecule has 0 aromatic heterocycles. The summed E-state index contributed by atoms with van der Waals surface area (Å²) in [5.41, 5.74) is 0.711. The lowest BCUT2D eigenvalue weighted by molar-refractivity contribution is -0.152. The molecule has 9 heteroatoms. The molecule has 0 spiro atoms. The molecular weight excluding hydrogens is 476 g/mol. The molecule has 2 atom stereocenters. The maximum Gasteiger partial charge on any atom is 0.306 e. The predicted octanol–water partition coefficient (Wildman–Crippen LogP) is 4.24. The van der Waals surface area contributed by atoms with Gasteiger partial charge in [-0.3, -0.25) is 14.4 Å². The lowest BCUT2D eigenvalue weighted by Crippen LogP contribution is -2.47. The first-order valence-electron chi connectivity index (χ1n) is 13.8. The van der Waals surface area contributed by atoms with Crippen LogP contribution in [0.25, 0.3) is 0 Å². The molecule has 1 aromatic rings. The van der Waals surface area contributed by atoms with Crippen molar-refractivity contribution in [3.8, 4) is 11.5 Å². The maximum atomic E-state index is 13.0. The third kappa shape index (κ3) is 9.87. The van der Waals surface area contributed by atoms with E-state index in [1.807, 2.05) is 12.1 Å². The smallest absolute Gasteiger partial charge is 0.306 e. The van der Waals surface area contributed by atoms with Crippen LogP contribution in [0.4, 0.5) is 0 Å². The van der Waals surface area contributed by atoms with E-state index in [9.17, 15) is 14.4 Å². The number of hydrogen-bond donors (Lipinski definition) is 2. The van der Waals surface area contributed by atoms with Crippen LogP contribution in [0.1, 0.15) is 89.2 Å². The Kier molecular flexibility index (Phi) is 12.0. The number of fused-ring (bicyclic) bond motifs is 1. The zero-order valence-electron chi connectivity index (χ0n) is 22.0. The van der Waals surface area contributed by atoms with Crippen LogP contribution in [-0.4, -0.2) is 66.7 Å². The van der Waals surface area contributed by atoms with Gasteiger partial charge in [-0.2, -0.15) is 0 Å². The number of carboxylic acid groups (broad SMARTS) is 1. The summed E-state index contributed by atoms with van der Waals surface area (Å²) in [7, 11) is 0. The quantitative estimate of drug-likeness (QED) is 0.247. The number of nitrogens with one attached hydrogen (secondary N) is 1. The largest absolute Gasteiger partial charge is 0.486 e. The lowest BCUT2D eigenvalue weighted by Gasteiger charge is -2.32. The molecule has 3 rings (SSSR count). The number of esters is 1. The zero-order valence-corrected chi connectivity index (χ0v) is 22.0. The van der Waals surface area contributed by atoms with Gasteiger partial charge in [0.05, 0.1) is 6.04 Å². The Balaban J connectivity index is 1.78. The van der Waals surface area contributed by atoms with E-state index in [1.165, 1.54) is 6.42 Å². The van der Waals surface area contributed by atoms with E-state index in [1.54, 1.807) is 6.07 Å². The Morgan fingerprint density at radius 1 is 0.973 bits per heavy atom. The Hall–Kier alpha value is -2.81. The number of carboxylic acids is 1. The summed E-state index contributed by atoms with van der Waals surface area (Å²) in [6.07, 6.45) is 7.27. The van der Waals surface area contributed by atoms with Gasteiger partial charge in [0.2, 0.25) is 5.91 Å². The second-order valence-corrected chi connectivity index (χ2v) is 9.91. The summed E-state index contributed by atoms with van der Waals surface area (Å²) < 4.78 is 17.4. The first-order chi connectivity index (χ1) is 18.0. The Morgan fingerprint density at radius 3 is 2.43 bits per heavy atom. The third-order valence-electron chi connectivity index (χ3n) is 6.80. The highest BCUT2D eigenvalue weighted by Crippen LogP contribution is 2.35. The Bertz CT molecular complexity index is 885. The minimum atomic E-state index is -0.950. The predicted molar refractivity (Wildman–Crippen MR) is 139 cm³/mol. The number of aliphatic carboxylic acids is 1. The van der Waals surface area contributed by atoms with Crippen LogP contribution >= 0.6 is 0 Å². The molecule has 2 heterocycles. The summed E-state index contributed by atoms with van der Waals surface area (Å²) in [5.74, 6) is -0.271. The molecule has 2 N–H and O–H groups in total. The SMILES string of the molecule is CCCCCCCC(=O)NC(CN1CCCC1)C(OC(=O)CCCC(=O)O)c1ccc2c(c1)OCCO2. The minimum absolute atomic E-state index is 0.00480. The second-order valence-electron chi connectivity index (χ2n) is 9.91. The van der Waals surface area contributed by atoms with Crippen LogP contribution in [0.3, 0.4) is 0 Å². The van der Waals surface area contributed by atoms with Crippen LogP contribution in [0.15, 0.2) is 18.2 Å². The second kappa shape index (κ2) is 15.4. The fourth-order valence-electron chi connectivity index (χ4n) is 4.83. The van der Waals surface area contributed by atoms with E-state index < -0.39 is 24.1 Å². The van der Waals surface area contributed by atoms with Crippen LogP contribution in [0.2, 0.25) is 0 Å². The number of benzene rings is 1. The first-order valence-corrected chi connectivity index (χ1v) is 13.8. The average Bonchev–Trinajstić information content (AvgIpc) is 3.39. The molecule has 0 radical (unpaired) electrons. The number of carbonyl (C=O) groups excluding carboxylic acids is 2. The van der Waals surface area contributed by atoms with Gasteiger partial charge in [-0.15, -0.1) is 0 Å². The van der Waals surface area contributed by atoms with Crippen LogP contribution < -0.4 is 14.8 Å². The van der Waals surface area contributed by atoms with E-state index in [0.717, 1.165) is 51.6 Å². The average molecular weight is 519 g/mol. The van der Waals surface area contributed by atoms with Crippen LogP contribution in [0.5, 0.6) is 11.5 Å². The van der Waals surface area contributed by atoms with Gasteiger partial charge in [0.1, 0.15) is 19.3 Å². The standard InChI is InChI=1S/C28H42N2O7/c1-2-3-4-5-6-10-25(31)29-22(20-30-15-7-8-16-30)28(37-27(34)12-9-11-26(32)33)21-13-14-23-24(19-21)36-18-17-35-23/h13-14,19,22,28H,2-12,15-18,20H2,1H3,(H,29,31)(H,32,33). The summed E-state index contributed by atoms with van der Waals surface area (Å²) >= 11 is 0. The van der Waals surface area contributed by atoms with E-state index >= 15 is 0 Å². The van der Waals surface area contributed by atoms with Crippen molar-refractivity contribution < 1.29 is 33.7 Å². The summed E-state index contributed by atoms with van der Waals surface area (Å²) in [4.78, 5) is 39.0. The van der Waals surface area contributed by atoms with Gasteiger partial charge in [-0.25, -0.2) is 0 Å². The fraction of sp³-hybridized carbons (Fsp3) is 0.679. The van der Waals surface area contributed by atoms with Crippen molar-refractivity contribution in [3.05, 3.63) is 23.8 Å². The van der Waals surface area contributed by atoms with E-state index in [-0.39, 0.29) is 25.2 Å². The number of amides is 1. The highest BCUT2D eigenvalue weighted by atomic mass is 16.6. The molecule has 2 aliphatic rings. The number of ether oxygens (including phenoxy) is 3. The molecule has 37 heavy (non-hydrogen) atoms. The number of unbranched alkanes of at least 4 members (excludes halogenated alkanes) is 4. The van der Waals surface area contributed by atoms with Crippen molar-refractivity contribution in [2.45, 2.75) is 89.7 Å². The van der Waals surface area contributed by atoms with Crippen LogP contribution in [-0.2, 0) is 19.1 Å². The molecule has 2 aliphatic heterocycles. The van der Waals surface area contributed by atoms with Gasteiger partial charge in [-0.05, 0) is 56.5 Å². The number of rotatable bonds is 16. The maximum absolute atomic E-state index is 13.0. The van der Waals surface area contributed by atoms with E-state index in [2.05, 4.69) is 17.1 Å². The summed E-state index contributed by atoms with van der Waals surface area (Å²) in [6, 6.07) is 5.01. The van der Waals surface area contributed by atoms with Crippen molar-refractivity contribution in [1.82, 2.24) is 10.2 Å². The molecule has 1 aromatic carbocycles. The normalized spacial score (nSPS) is 16.7. The molecule has 9 nitrogen and oxygen atoms in total. The molecule has 1 saturated heterocycles. The topological polar surface area (TPSA) is 114 Å². The van der Waals surface area contributed by atoms with Crippen molar-refractivity contribution >= 4 is 17.8 Å². The molecule has 206 valence electrons. The van der Waals surface area contributed by atoms with Gasteiger partial charge >= 0.3 is 11.9 Å². The van der Waals surface area contributed by atoms with Gasteiger partial charge in [0.15, 0.2) is 11.5 Å². The Labute approximate surface area is 219 Å². The molecular formula is C28H42N2O7. The minimum Gasteiger partial charge on any atom is -0.486 e. The fourth-order valence-corrected chi connectivity index (χ4v) is 4.83. The van der Waals surface area contributed by atoms with E-state index in [4.69, 9.17) is 19.3 Å². The number of nitrogens with zero attached hydrogens (tertiary/aromatic N) is 1. The summed E-state index contributed by atoms with van der Waals surface area (Å²) in [5, 5.41) is 12.1. The molecule has 1 fully saturated rings. The first kappa shape index (κ1) is 28.8. The van der Waals surface area contributed by atoms with Crippen LogP contribution in [0, 0.1) is 0 Å². The monoisotopic (exact) mass is 518 g/mol. The molecule has 1 amide bonds. The zero-order chi connectivity index (χ0) is 26.5. The van der Waals surface area contributed by atoms with Gasteiger partial charge < -0.3 is 29.5 Å². The van der Waals surface area contributed by atoms with Gasteiger partial charge in [0, 0.05) is 25.8 Å². The van der Waals surface area contributed by atoms with Gasteiger partial charge in [0.25, 0.3) is 0 Å². The molecule has 0 bridgehead atoms. The van der Waals surface area contributed by atoms with Crippen molar-refractivity contribution in [2.75, 3.05) is 32.8 Å². The highest BCUT2D eigenvalue weighted by Gasteiger charge is 2.32. The molecule has 0 saturated carbocycles. The van der Waals surface area contributed by atoms with Crippen molar-refractivity contribution in [2.24, 2.45) is 0 Å². The lowest BCUT2D eigenvalue weighted by atomic mass is 9.99.